The molecule has 2 aromatic carbocycles. The van der Waals surface area contributed by atoms with Crippen molar-refractivity contribution in [2.24, 2.45) is 5.41 Å². The maximum atomic E-state index is 12.9. The summed E-state index contributed by atoms with van der Waals surface area (Å²) in [6, 6.07) is 10.0. The molecule has 2 N–H and O–H groups in total. The molecule has 1 aliphatic rings. The van der Waals surface area contributed by atoms with Gasteiger partial charge in [0.05, 0.1) is 0 Å². The fourth-order valence-electron chi connectivity index (χ4n) is 2.34. The second-order valence-corrected chi connectivity index (χ2v) is 6.53. The van der Waals surface area contributed by atoms with Gasteiger partial charge in [0, 0.05) is 21.4 Å². The van der Waals surface area contributed by atoms with Gasteiger partial charge in [-0.15, -0.1) is 0 Å². The van der Waals surface area contributed by atoms with E-state index in [4.69, 9.17) is 23.2 Å². The molecule has 1 saturated carbocycles. The van der Waals surface area contributed by atoms with Crippen LogP contribution in [0.25, 0.3) is 0 Å². The third-order valence-electron chi connectivity index (χ3n) is 3.84. The van der Waals surface area contributed by atoms with Crippen molar-refractivity contribution < 1.29 is 14.0 Å². The van der Waals surface area contributed by atoms with Gasteiger partial charge in [0.2, 0.25) is 11.8 Å². The maximum Gasteiger partial charge on any atom is 0.240 e. The number of hydrogen-bond donors (Lipinski definition) is 2. The monoisotopic (exact) mass is 366 g/mol. The Balaban J connectivity index is 1.71. The Morgan fingerprint density at radius 3 is 1.88 bits per heavy atom. The van der Waals surface area contributed by atoms with Gasteiger partial charge >= 0.3 is 0 Å². The van der Waals surface area contributed by atoms with Crippen LogP contribution >= 0.6 is 23.2 Å². The third-order valence-corrected chi connectivity index (χ3v) is 4.28. The molecule has 4 nitrogen and oxygen atoms in total. The summed E-state index contributed by atoms with van der Waals surface area (Å²) in [6.07, 6.45) is 0.889. The summed E-state index contributed by atoms with van der Waals surface area (Å²) in [6.45, 7) is 0. The van der Waals surface area contributed by atoms with E-state index in [0.29, 0.717) is 34.3 Å². The predicted octanol–water partition coefficient (Wildman–Crippen LogP) is 4.49. The zero-order chi connectivity index (χ0) is 17.3. The van der Waals surface area contributed by atoms with Gasteiger partial charge in [-0.2, -0.15) is 0 Å². The highest BCUT2D eigenvalue weighted by molar-refractivity contribution is 6.35. The van der Waals surface area contributed by atoms with Crippen LogP contribution in [-0.2, 0) is 9.59 Å². The van der Waals surface area contributed by atoms with Crippen molar-refractivity contribution in [3.8, 4) is 0 Å². The maximum absolute atomic E-state index is 12.9. The van der Waals surface area contributed by atoms with Crippen LogP contribution in [-0.4, -0.2) is 11.8 Å². The van der Waals surface area contributed by atoms with Crippen molar-refractivity contribution in [3.05, 3.63) is 58.3 Å². The van der Waals surface area contributed by atoms with E-state index in [9.17, 15) is 14.0 Å². The van der Waals surface area contributed by atoms with Crippen molar-refractivity contribution in [1.82, 2.24) is 0 Å². The first-order valence-corrected chi connectivity index (χ1v) is 7.99. The first kappa shape index (κ1) is 16.7. The Morgan fingerprint density at radius 1 is 0.875 bits per heavy atom. The van der Waals surface area contributed by atoms with E-state index < -0.39 is 23.0 Å². The average Bonchev–Trinajstić information content (AvgIpc) is 3.30. The molecule has 2 amide bonds. The van der Waals surface area contributed by atoms with Crippen LogP contribution in [0.5, 0.6) is 0 Å². The highest BCUT2D eigenvalue weighted by Gasteiger charge is 2.56. The fourth-order valence-corrected chi connectivity index (χ4v) is 2.87. The molecule has 0 radical (unpaired) electrons. The Kier molecular flexibility index (Phi) is 4.47. The summed E-state index contributed by atoms with van der Waals surface area (Å²) in [5.41, 5.74) is -0.256. The number of carbonyl (C=O) groups excluding carboxylic acids is 2. The van der Waals surface area contributed by atoms with Crippen molar-refractivity contribution in [3.63, 3.8) is 0 Å². The molecule has 0 atom stereocenters. The second-order valence-electron chi connectivity index (χ2n) is 5.66. The van der Waals surface area contributed by atoms with Gasteiger partial charge < -0.3 is 10.6 Å². The Morgan fingerprint density at radius 2 is 1.38 bits per heavy atom. The number of hydrogen-bond acceptors (Lipinski definition) is 2. The molecule has 7 heteroatoms. The SMILES string of the molecule is O=C(Nc1ccc(F)cc1)C1(C(=O)Nc2cc(Cl)cc(Cl)c2)CC1. The number of rotatable bonds is 4. The molecule has 0 heterocycles. The zero-order valence-corrected chi connectivity index (χ0v) is 13.9. The number of nitrogens with one attached hydrogen (secondary N) is 2. The van der Waals surface area contributed by atoms with Gasteiger partial charge in [-0.1, -0.05) is 23.2 Å². The number of amides is 2. The van der Waals surface area contributed by atoms with Crippen LogP contribution in [0.15, 0.2) is 42.5 Å². The van der Waals surface area contributed by atoms with Gasteiger partial charge in [0.15, 0.2) is 0 Å². The molecule has 124 valence electrons. The predicted molar refractivity (Wildman–Crippen MR) is 91.8 cm³/mol. The van der Waals surface area contributed by atoms with Gasteiger partial charge in [0.25, 0.3) is 0 Å². The summed E-state index contributed by atoms with van der Waals surface area (Å²) >= 11 is 11.8. The quantitative estimate of drug-likeness (QED) is 0.783. The fraction of sp³-hybridized carbons (Fsp3) is 0.176. The lowest BCUT2D eigenvalue weighted by Crippen LogP contribution is -2.35. The van der Waals surface area contributed by atoms with E-state index in [1.54, 1.807) is 18.2 Å². The van der Waals surface area contributed by atoms with E-state index in [-0.39, 0.29) is 0 Å². The molecule has 3 rings (SSSR count). The van der Waals surface area contributed by atoms with E-state index in [2.05, 4.69) is 10.6 Å². The van der Waals surface area contributed by atoms with Crippen LogP contribution in [0.1, 0.15) is 12.8 Å². The Bertz CT molecular complexity index is 784. The molecule has 0 aliphatic heterocycles. The van der Waals surface area contributed by atoms with Crippen LogP contribution in [0, 0.1) is 11.2 Å². The number of halogens is 3. The Labute approximate surface area is 148 Å². The van der Waals surface area contributed by atoms with Crippen molar-refractivity contribution in [1.29, 1.82) is 0 Å². The molecule has 2 aromatic rings. The van der Waals surface area contributed by atoms with Crippen LogP contribution < -0.4 is 10.6 Å². The summed E-state index contributed by atoms with van der Waals surface area (Å²) in [4.78, 5) is 24.9. The standard InChI is InChI=1S/C17H13Cl2FN2O2/c18-10-7-11(19)9-14(8-10)22-16(24)17(5-6-17)15(23)21-13-3-1-12(20)2-4-13/h1-4,7-9H,5-6H2,(H,21,23)(H,22,24). The minimum atomic E-state index is -1.12. The molecule has 0 unspecified atom stereocenters. The number of carbonyl (C=O) groups is 2. The molecule has 0 bridgehead atoms. The summed E-state index contributed by atoms with van der Waals surface area (Å²) in [5.74, 6) is -1.23. The van der Waals surface area contributed by atoms with Gasteiger partial charge in [-0.3, -0.25) is 9.59 Å². The third kappa shape index (κ3) is 3.52. The van der Waals surface area contributed by atoms with E-state index >= 15 is 0 Å². The minimum Gasteiger partial charge on any atom is -0.325 e. The van der Waals surface area contributed by atoms with Crippen molar-refractivity contribution in [2.45, 2.75) is 12.8 Å². The molecular formula is C17H13Cl2FN2O2. The molecular weight excluding hydrogens is 354 g/mol. The highest BCUT2D eigenvalue weighted by Crippen LogP contribution is 2.47. The van der Waals surface area contributed by atoms with E-state index in [1.165, 1.54) is 24.3 Å². The summed E-state index contributed by atoms with van der Waals surface area (Å²) in [5, 5.41) is 6.09. The first-order chi connectivity index (χ1) is 11.4. The van der Waals surface area contributed by atoms with Crippen LogP contribution in [0.3, 0.4) is 0 Å². The second kappa shape index (κ2) is 6.42. The normalized spacial score (nSPS) is 14.8. The zero-order valence-electron chi connectivity index (χ0n) is 12.4. The highest BCUT2D eigenvalue weighted by atomic mass is 35.5. The topological polar surface area (TPSA) is 58.2 Å². The lowest BCUT2D eigenvalue weighted by Gasteiger charge is -2.16. The van der Waals surface area contributed by atoms with Gasteiger partial charge in [-0.25, -0.2) is 4.39 Å². The average molecular weight is 367 g/mol. The lowest BCUT2D eigenvalue weighted by atomic mass is 10.0. The number of benzene rings is 2. The molecule has 0 aromatic heterocycles. The van der Waals surface area contributed by atoms with Crippen LogP contribution in [0.4, 0.5) is 15.8 Å². The summed E-state index contributed by atoms with van der Waals surface area (Å²) in [7, 11) is 0. The first-order valence-electron chi connectivity index (χ1n) is 7.24. The van der Waals surface area contributed by atoms with Crippen molar-refractivity contribution >= 4 is 46.4 Å². The summed E-state index contributed by atoms with van der Waals surface area (Å²) < 4.78 is 12.9. The minimum absolute atomic E-state index is 0.387. The molecule has 0 saturated heterocycles. The van der Waals surface area contributed by atoms with E-state index in [1.807, 2.05) is 0 Å². The molecule has 1 aliphatic carbocycles. The smallest absolute Gasteiger partial charge is 0.240 e. The van der Waals surface area contributed by atoms with E-state index in [0.717, 1.165) is 0 Å². The molecule has 24 heavy (non-hydrogen) atoms. The van der Waals surface area contributed by atoms with Crippen molar-refractivity contribution in [2.75, 3.05) is 10.6 Å². The molecule has 1 fully saturated rings. The molecule has 0 spiro atoms. The largest absolute Gasteiger partial charge is 0.325 e. The van der Waals surface area contributed by atoms with Gasteiger partial charge in [-0.05, 0) is 55.3 Å². The lowest BCUT2D eigenvalue weighted by molar-refractivity contribution is -0.131. The number of anilines is 2. The Hall–Kier alpha value is -2.11. The van der Waals surface area contributed by atoms with Gasteiger partial charge in [0.1, 0.15) is 11.2 Å². The van der Waals surface area contributed by atoms with Crippen LogP contribution in [0.2, 0.25) is 10.0 Å².